The average molecular weight is 344 g/mol. The van der Waals surface area contributed by atoms with E-state index in [9.17, 15) is 0 Å². The van der Waals surface area contributed by atoms with Crippen LogP contribution < -0.4 is 14.8 Å². The Morgan fingerprint density at radius 3 is 2.38 bits per heavy atom. The predicted molar refractivity (Wildman–Crippen MR) is 102 cm³/mol. The molecule has 4 nitrogen and oxygen atoms in total. The first kappa shape index (κ1) is 18.1. The van der Waals surface area contributed by atoms with Gasteiger partial charge in [0.1, 0.15) is 11.5 Å². The maximum Gasteiger partial charge on any atom is 0.168 e. The molecular formula is C19H24N2O2S. The van der Waals surface area contributed by atoms with Crippen LogP contribution in [-0.2, 0) is 13.0 Å². The first-order chi connectivity index (χ1) is 11.6. The van der Waals surface area contributed by atoms with Gasteiger partial charge in [-0.3, -0.25) is 0 Å². The summed E-state index contributed by atoms with van der Waals surface area (Å²) in [5.41, 5.74) is 2.41. The molecule has 0 bridgehead atoms. The molecule has 1 N–H and O–H groups in total. The molecule has 0 spiro atoms. The van der Waals surface area contributed by atoms with Gasteiger partial charge in [-0.05, 0) is 54.0 Å². The summed E-state index contributed by atoms with van der Waals surface area (Å²) in [6.07, 6.45) is 0.914. The summed E-state index contributed by atoms with van der Waals surface area (Å²) < 4.78 is 10.4. The van der Waals surface area contributed by atoms with E-state index in [0.29, 0.717) is 0 Å². The molecule has 0 saturated heterocycles. The maximum atomic E-state index is 5.46. The fourth-order valence-corrected chi connectivity index (χ4v) is 2.52. The first-order valence-electron chi connectivity index (χ1n) is 7.87. The van der Waals surface area contributed by atoms with Crippen molar-refractivity contribution in [2.45, 2.75) is 13.0 Å². The minimum Gasteiger partial charge on any atom is -0.497 e. The zero-order valence-corrected chi connectivity index (χ0v) is 15.2. The molecule has 0 amide bonds. The van der Waals surface area contributed by atoms with Crippen molar-refractivity contribution in [2.24, 2.45) is 0 Å². The molecule has 5 heteroatoms. The van der Waals surface area contributed by atoms with E-state index in [0.717, 1.165) is 41.7 Å². The summed E-state index contributed by atoms with van der Waals surface area (Å²) in [7, 11) is 5.34. The van der Waals surface area contributed by atoms with Crippen LogP contribution in [0, 0.1) is 0 Å². The van der Waals surface area contributed by atoms with Crippen molar-refractivity contribution in [3.05, 3.63) is 59.7 Å². The van der Waals surface area contributed by atoms with Gasteiger partial charge in [0.05, 0.1) is 14.2 Å². The lowest BCUT2D eigenvalue weighted by Crippen LogP contribution is -2.37. The van der Waals surface area contributed by atoms with E-state index >= 15 is 0 Å². The molecule has 2 rings (SSSR count). The molecule has 0 aliphatic rings. The molecule has 128 valence electrons. The highest BCUT2D eigenvalue weighted by Crippen LogP contribution is 2.14. The number of rotatable bonds is 7. The minimum absolute atomic E-state index is 0.742. The molecular weight excluding hydrogens is 320 g/mol. The number of ether oxygens (including phenoxy) is 2. The summed E-state index contributed by atoms with van der Waals surface area (Å²) >= 11 is 5.46. The van der Waals surface area contributed by atoms with Gasteiger partial charge in [-0.25, -0.2) is 0 Å². The van der Waals surface area contributed by atoms with Crippen molar-refractivity contribution in [2.75, 3.05) is 27.8 Å². The predicted octanol–water partition coefficient (Wildman–Crippen LogP) is 3.25. The number of nitrogens with one attached hydrogen (secondary N) is 1. The highest BCUT2D eigenvalue weighted by molar-refractivity contribution is 7.80. The molecule has 0 saturated carbocycles. The molecule has 0 unspecified atom stereocenters. The quantitative estimate of drug-likeness (QED) is 0.780. The first-order valence-corrected chi connectivity index (χ1v) is 8.28. The van der Waals surface area contributed by atoms with Crippen LogP contribution in [0.3, 0.4) is 0 Å². The average Bonchev–Trinajstić information content (AvgIpc) is 2.62. The van der Waals surface area contributed by atoms with E-state index < -0.39 is 0 Å². The van der Waals surface area contributed by atoms with Gasteiger partial charge in [0.2, 0.25) is 0 Å². The SMILES string of the molecule is COc1ccc(CCNC(=S)N(C)Cc2cccc(OC)c2)cc1. The van der Waals surface area contributed by atoms with Gasteiger partial charge in [0, 0.05) is 20.1 Å². The number of thiocarbonyl (C=S) groups is 1. The number of nitrogens with zero attached hydrogens (tertiary/aromatic N) is 1. The van der Waals surface area contributed by atoms with Crippen LogP contribution in [0.5, 0.6) is 11.5 Å². The lowest BCUT2D eigenvalue weighted by Gasteiger charge is -2.21. The smallest absolute Gasteiger partial charge is 0.168 e. The fourth-order valence-electron chi connectivity index (χ4n) is 2.36. The van der Waals surface area contributed by atoms with Crippen LogP contribution in [0.25, 0.3) is 0 Å². The van der Waals surface area contributed by atoms with Crippen LogP contribution >= 0.6 is 12.2 Å². The fraction of sp³-hybridized carbons (Fsp3) is 0.316. The van der Waals surface area contributed by atoms with Crippen LogP contribution in [-0.4, -0.2) is 37.8 Å². The Balaban J connectivity index is 1.78. The molecule has 0 heterocycles. The zero-order chi connectivity index (χ0) is 17.4. The van der Waals surface area contributed by atoms with Crippen molar-refractivity contribution in [3.63, 3.8) is 0 Å². The second-order valence-electron chi connectivity index (χ2n) is 5.54. The Labute approximate surface area is 149 Å². The lowest BCUT2D eigenvalue weighted by molar-refractivity contribution is 0.412. The van der Waals surface area contributed by atoms with Crippen LogP contribution in [0.2, 0.25) is 0 Å². The number of methoxy groups -OCH3 is 2. The van der Waals surface area contributed by atoms with Crippen molar-refractivity contribution < 1.29 is 9.47 Å². The second-order valence-corrected chi connectivity index (χ2v) is 5.92. The molecule has 0 aliphatic carbocycles. The van der Waals surface area contributed by atoms with E-state index in [1.54, 1.807) is 14.2 Å². The van der Waals surface area contributed by atoms with Crippen molar-refractivity contribution in [1.29, 1.82) is 0 Å². The Morgan fingerprint density at radius 1 is 1.00 bits per heavy atom. The number of benzene rings is 2. The molecule has 2 aromatic carbocycles. The third-order valence-electron chi connectivity index (χ3n) is 3.75. The van der Waals surface area contributed by atoms with Crippen molar-refractivity contribution >= 4 is 17.3 Å². The van der Waals surface area contributed by atoms with E-state index in [1.807, 2.05) is 42.3 Å². The third-order valence-corrected chi connectivity index (χ3v) is 4.21. The van der Waals surface area contributed by atoms with Crippen LogP contribution in [0.1, 0.15) is 11.1 Å². The lowest BCUT2D eigenvalue weighted by atomic mass is 10.1. The molecule has 0 aliphatic heterocycles. The maximum absolute atomic E-state index is 5.46. The van der Waals surface area contributed by atoms with Gasteiger partial charge >= 0.3 is 0 Å². The van der Waals surface area contributed by atoms with Gasteiger partial charge < -0.3 is 19.7 Å². The zero-order valence-electron chi connectivity index (χ0n) is 14.4. The van der Waals surface area contributed by atoms with Crippen molar-refractivity contribution in [1.82, 2.24) is 10.2 Å². The van der Waals surface area contributed by atoms with Crippen LogP contribution in [0.4, 0.5) is 0 Å². The van der Waals surface area contributed by atoms with E-state index in [1.165, 1.54) is 5.56 Å². The van der Waals surface area contributed by atoms with Crippen molar-refractivity contribution in [3.8, 4) is 11.5 Å². The number of hydrogen-bond donors (Lipinski definition) is 1. The summed E-state index contributed by atoms with van der Waals surface area (Å²) in [6.45, 7) is 1.54. The molecule has 0 fully saturated rings. The molecule has 0 atom stereocenters. The summed E-state index contributed by atoms with van der Waals surface area (Å²) in [5.74, 6) is 1.74. The summed E-state index contributed by atoms with van der Waals surface area (Å²) in [5, 5.41) is 4.05. The van der Waals surface area contributed by atoms with Gasteiger partial charge in [0.25, 0.3) is 0 Å². The highest BCUT2D eigenvalue weighted by atomic mass is 32.1. The monoisotopic (exact) mass is 344 g/mol. The Kier molecular flexibility index (Phi) is 6.88. The third kappa shape index (κ3) is 5.42. The van der Waals surface area contributed by atoms with Crippen LogP contribution in [0.15, 0.2) is 48.5 Å². The molecule has 0 radical (unpaired) electrons. The molecule has 0 aromatic heterocycles. The summed E-state index contributed by atoms with van der Waals surface area (Å²) in [4.78, 5) is 2.03. The Morgan fingerprint density at radius 2 is 1.71 bits per heavy atom. The highest BCUT2D eigenvalue weighted by Gasteiger charge is 2.06. The standard InChI is InChI=1S/C19H24N2O2S/c1-21(14-16-5-4-6-18(13-16)23-3)19(24)20-12-11-15-7-9-17(22-2)10-8-15/h4-10,13H,11-12,14H2,1-3H3,(H,20,24). The Hall–Kier alpha value is -2.27. The minimum atomic E-state index is 0.742. The van der Waals surface area contributed by atoms with Gasteiger partial charge in [-0.1, -0.05) is 24.3 Å². The largest absolute Gasteiger partial charge is 0.497 e. The normalized spacial score (nSPS) is 10.1. The van der Waals surface area contributed by atoms with E-state index in [-0.39, 0.29) is 0 Å². The molecule has 24 heavy (non-hydrogen) atoms. The Bertz CT molecular complexity index is 659. The molecule has 2 aromatic rings. The topological polar surface area (TPSA) is 33.7 Å². The van der Waals surface area contributed by atoms with E-state index in [2.05, 4.69) is 23.5 Å². The van der Waals surface area contributed by atoms with E-state index in [4.69, 9.17) is 21.7 Å². The van der Waals surface area contributed by atoms with Gasteiger partial charge in [-0.15, -0.1) is 0 Å². The number of hydrogen-bond acceptors (Lipinski definition) is 3. The second kappa shape index (κ2) is 9.13. The van der Waals surface area contributed by atoms with Gasteiger partial charge in [0.15, 0.2) is 5.11 Å². The summed E-state index contributed by atoms with van der Waals surface area (Å²) in [6, 6.07) is 16.1. The van der Waals surface area contributed by atoms with Gasteiger partial charge in [-0.2, -0.15) is 0 Å².